The van der Waals surface area contributed by atoms with Crippen LogP contribution in [0, 0.1) is 5.82 Å². The molecule has 0 aliphatic heterocycles. The molecule has 3 rings (SSSR count). The second kappa shape index (κ2) is 6.11. The van der Waals surface area contributed by atoms with Crippen LogP contribution in [-0.2, 0) is 0 Å². The van der Waals surface area contributed by atoms with Gasteiger partial charge >= 0.3 is 0 Å². The van der Waals surface area contributed by atoms with Gasteiger partial charge in [-0.3, -0.25) is 4.79 Å². The van der Waals surface area contributed by atoms with Gasteiger partial charge in [-0.05, 0) is 48.5 Å². The third-order valence-corrected chi connectivity index (χ3v) is 3.50. The summed E-state index contributed by atoms with van der Waals surface area (Å²) >= 11 is 3.32. The lowest BCUT2D eigenvalue weighted by molar-refractivity contribution is 0.101. The first kappa shape index (κ1) is 14.5. The molecule has 0 aliphatic rings. The maximum Gasteiger partial charge on any atom is 0.277 e. The molecule has 0 saturated heterocycles. The van der Waals surface area contributed by atoms with Gasteiger partial charge in [-0.1, -0.05) is 21.1 Å². The first-order valence-corrected chi connectivity index (χ1v) is 7.21. The van der Waals surface area contributed by atoms with Gasteiger partial charge in [0.2, 0.25) is 0 Å². The van der Waals surface area contributed by atoms with Crippen LogP contribution in [-0.4, -0.2) is 11.1 Å². The Kier molecular flexibility index (Phi) is 4.02. The highest BCUT2D eigenvalue weighted by atomic mass is 79.9. The molecule has 0 unspecified atom stereocenters. The summed E-state index contributed by atoms with van der Waals surface area (Å²) in [4.78, 5) is 12.1. The molecule has 1 amide bonds. The largest absolute Gasteiger partial charge is 0.355 e. The number of carbonyl (C=O) groups is 1. The maximum atomic E-state index is 12.9. The lowest BCUT2D eigenvalue weighted by atomic mass is 10.1. The molecule has 1 N–H and O–H groups in total. The highest BCUT2D eigenvalue weighted by molar-refractivity contribution is 9.10. The summed E-state index contributed by atoms with van der Waals surface area (Å²) < 4.78 is 18.9. The molecule has 0 saturated carbocycles. The zero-order chi connectivity index (χ0) is 15.5. The maximum absolute atomic E-state index is 12.9. The Morgan fingerprint density at radius 2 is 1.77 bits per heavy atom. The minimum absolute atomic E-state index is 0.155. The van der Waals surface area contributed by atoms with Gasteiger partial charge in [0.15, 0.2) is 11.5 Å². The third kappa shape index (κ3) is 3.23. The van der Waals surface area contributed by atoms with E-state index in [0.717, 1.165) is 4.47 Å². The molecule has 0 bridgehead atoms. The number of rotatable bonds is 3. The van der Waals surface area contributed by atoms with E-state index < -0.39 is 0 Å². The number of anilines is 1. The fourth-order valence-electron chi connectivity index (χ4n) is 1.86. The van der Waals surface area contributed by atoms with Crippen LogP contribution in [0.15, 0.2) is 63.6 Å². The van der Waals surface area contributed by atoms with Crippen molar-refractivity contribution in [3.63, 3.8) is 0 Å². The molecule has 1 heterocycles. The number of amides is 1. The molecule has 22 heavy (non-hydrogen) atoms. The smallest absolute Gasteiger partial charge is 0.277 e. The number of aromatic nitrogens is 1. The van der Waals surface area contributed by atoms with Gasteiger partial charge in [0.1, 0.15) is 5.82 Å². The lowest BCUT2D eigenvalue weighted by Crippen LogP contribution is -2.11. The lowest BCUT2D eigenvalue weighted by Gasteiger charge is -2.02. The molecule has 3 aromatic rings. The Morgan fingerprint density at radius 1 is 1.09 bits per heavy atom. The topological polar surface area (TPSA) is 55.1 Å². The Balaban J connectivity index is 1.76. The van der Waals surface area contributed by atoms with E-state index >= 15 is 0 Å². The number of hydrogen-bond acceptors (Lipinski definition) is 3. The first-order valence-electron chi connectivity index (χ1n) is 6.41. The van der Waals surface area contributed by atoms with Crippen molar-refractivity contribution in [3.05, 3.63) is 70.6 Å². The fraction of sp³-hybridized carbons (Fsp3) is 0. The highest BCUT2D eigenvalue weighted by Crippen LogP contribution is 2.21. The number of nitrogens with one attached hydrogen (secondary N) is 1. The predicted molar refractivity (Wildman–Crippen MR) is 84.0 cm³/mol. The van der Waals surface area contributed by atoms with Crippen molar-refractivity contribution in [2.45, 2.75) is 0 Å². The number of carbonyl (C=O) groups excluding carboxylic acids is 1. The average Bonchev–Trinajstić information content (AvgIpc) is 3.00. The van der Waals surface area contributed by atoms with Crippen molar-refractivity contribution in [2.24, 2.45) is 0 Å². The summed E-state index contributed by atoms with van der Waals surface area (Å²) in [7, 11) is 0. The third-order valence-electron chi connectivity index (χ3n) is 2.97. The van der Waals surface area contributed by atoms with Gasteiger partial charge in [-0.2, -0.15) is 0 Å². The number of nitrogens with zero attached hydrogens (tertiary/aromatic N) is 1. The van der Waals surface area contributed by atoms with Crippen molar-refractivity contribution in [2.75, 3.05) is 5.32 Å². The zero-order valence-electron chi connectivity index (χ0n) is 11.2. The first-order chi connectivity index (χ1) is 10.6. The predicted octanol–water partition coefficient (Wildman–Crippen LogP) is 4.50. The molecular weight excluding hydrogens is 351 g/mol. The summed E-state index contributed by atoms with van der Waals surface area (Å²) in [6.45, 7) is 0. The van der Waals surface area contributed by atoms with Crippen LogP contribution in [0.1, 0.15) is 10.5 Å². The molecule has 110 valence electrons. The van der Waals surface area contributed by atoms with Crippen LogP contribution in [0.5, 0.6) is 0 Å². The van der Waals surface area contributed by atoms with Crippen LogP contribution in [0.25, 0.3) is 11.3 Å². The Labute approximate surface area is 134 Å². The van der Waals surface area contributed by atoms with E-state index in [2.05, 4.69) is 26.4 Å². The van der Waals surface area contributed by atoms with Crippen molar-refractivity contribution in [1.29, 1.82) is 0 Å². The van der Waals surface area contributed by atoms with E-state index in [1.54, 1.807) is 24.3 Å². The van der Waals surface area contributed by atoms with Crippen LogP contribution in [0.2, 0.25) is 0 Å². The Hall–Kier alpha value is -2.47. The number of benzene rings is 2. The Bertz CT molecular complexity index is 798. The van der Waals surface area contributed by atoms with E-state index in [9.17, 15) is 9.18 Å². The molecule has 0 fully saturated rings. The summed E-state index contributed by atoms with van der Waals surface area (Å²) in [5.74, 6) is -0.308. The SMILES string of the molecule is O=C(Nc1ccc(Br)cc1)c1cc(-c2ccc(F)cc2)on1. The van der Waals surface area contributed by atoms with Gasteiger partial charge in [0.05, 0.1) is 0 Å². The molecular formula is C16H10BrFN2O2. The van der Waals surface area contributed by atoms with Crippen LogP contribution >= 0.6 is 15.9 Å². The zero-order valence-corrected chi connectivity index (χ0v) is 12.8. The van der Waals surface area contributed by atoms with Crippen LogP contribution < -0.4 is 5.32 Å². The van der Waals surface area contributed by atoms with E-state index in [-0.39, 0.29) is 17.4 Å². The average molecular weight is 361 g/mol. The van der Waals surface area contributed by atoms with Gasteiger partial charge in [-0.25, -0.2) is 4.39 Å². The molecule has 1 aromatic heterocycles. The minimum Gasteiger partial charge on any atom is -0.355 e. The van der Waals surface area contributed by atoms with Gasteiger partial charge in [0, 0.05) is 21.8 Å². The normalized spacial score (nSPS) is 10.5. The Morgan fingerprint density at radius 3 is 2.45 bits per heavy atom. The molecule has 6 heteroatoms. The van der Waals surface area contributed by atoms with Crippen LogP contribution in [0.3, 0.4) is 0 Å². The molecule has 0 aliphatic carbocycles. The summed E-state index contributed by atoms with van der Waals surface area (Å²) in [5.41, 5.74) is 1.46. The molecule has 2 aromatic carbocycles. The number of hydrogen-bond donors (Lipinski definition) is 1. The second-order valence-corrected chi connectivity index (χ2v) is 5.46. The van der Waals surface area contributed by atoms with Gasteiger partial charge in [-0.15, -0.1) is 0 Å². The van der Waals surface area contributed by atoms with E-state index in [1.807, 2.05) is 12.1 Å². The monoisotopic (exact) mass is 360 g/mol. The highest BCUT2D eigenvalue weighted by Gasteiger charge is 2.14. The standard InChI is InChI=1S/C16H10BrFN2O2/c17-11-3-7-13(8-4-11)19-16(21)14-9-15(22-20-14)10-1-5-12(18)6-2-10/h1-9H,(H,19,21). The fourth-order valence-corrected chi connectivity index (χ4v) is 2.13. The van der Waals surface area contributed by atoms with Crippen molar-refractivity contribution in [3.8, 4) is 11.3 Å². The molecule has 0 atom stereocenters. The van der Waals surface area contributed by atoms with E-state index in [4.69, 9.17) is 4.52 Å². The van der Waals surface area contributed by atoms with E-state index in [0.29, 0.717) is 17.0 Å². The van der Waals surface area contributed by atoms with Crippen LogP contribution in [0.4, 0.5) is 10.1 Å². The quantitative estimate of drug-likeness (QED) is 0.748. The summed E-state index contributed by atoms with van der Waals surface area (Å²) in [5, 5.41) is 6.46. The van der Waals surface area contributed by atoms with Gasteiger partial charge in [0.25, 0.3) is 5.91 Å². The van der Waals surface area contributed by atoms with Crippen molar-refractivity contribution < 1.29 is 13.7 Å². The van der Waals surface area contributed by atoms with Crippen molar-refractivity contribution in [1.82, 2.24) is 5.16 Å². The molecule has 0 spiro atoms. The minimum atomic E-state index is -0.376. The number of halogens is 2. The van der Waals surface area contributed by atoms with Crippen molar-refractivity contribution >= 4 is 27.5 Å². The summed E-state index contributed by atoms with van der Waals surface area (Å²) in [6, 6.07) is 14.5. The summed E-state index contributed by atoms with van der Waals surface area (Å²) in [6.07, 6.45) is 0. The van der Waals surface area contributed by atoms with Gasteiger partial charge < -0.3 is 9.84 Å². The molecule has 4 nitrogen and oxygen atoms in total. The van der Waals surface area contributed by atoms with E-state index in [1.165, 1.54) is 18.2 Å². The second-order valence-electron chi connectivity index (χ2n) is 4.54. The molecule has 0 radical (unpaired) electrons.